The summed E-state index contributed by atoms with van der Waals surface area (Å²) < 4.78 is 0. The lowest BCUT2D eigenvalue weighted by molar-refractivity contribution is -0.124. The number of anilines is 1. The molecule has 0 radical (unpaired) electrons. The summed E-state index contributed by atoms with van der Waals surface area (Å²) in [6.45, 7) is 6.95. The van der Waals surface area contributed by atoms with Crippen molar-refractivity contribution in [1.82, 2.24) is 4.98 Å². The first-order chi connectivity index (χ1) is 11.0. The predicted octanol–water partition coefficient (Wildman–Crippen LogP) is 3.33. The van der Waals surface area contributed by atoms with E-state index in [2.05, 4.69) is 23.7 Å². The lowest BCUT2D eigenvalue weighted by atomic mass is 9.80. The molecule has 0 saturated heterocycles. The molecule has 0 saturated carbocycles. The van der Waals surface area contributed by atoms with Gasteiger partial charge in [-0.3, -0.25) is 9.78 Å². The smallest absolute Gasteiger partial charge is 0.247 e. The van der Waals surface area contributed by atoms with Crippen molar-refractivity contribution >= 4 is 11.6 Å². The van der Waals surface area contributed by atoms with Crippen molar-refractivity contribution in [2.45, 2.75) is 32.7 Å². The van der Waals surface area contributed by atoms with E-state index in [1.165, 1.54) is 0 Å². The molecule has 2 aromatic rings. The molecule has 2 rings (SSSR count). The molecule has 0 aliphatic heterocycles. The number of pyridine rings is 1. The second-order valence-corrected chi connectivity index (χ2v) is 6.14. The van der Waals surface area contributed by atoms with E-state index in [1.54, 1.807) is 12.4 Å². The van der Waals surface area contributed by atoms with Crippen LogP contribution in [0, 0.1) is 5.92 Å². The molecular formula is C19H25N3O. The molecule has 4 nitrogen and oxygen atoms in total. The second kappa shape index (κ2) is 7.27. The van der Waals surface area contributed by atoms with Gasteiger partial charge >= 0.3 is 0 Å². The Morgan fingerprint density at radius 3 is 2.26 bits per heavy atom. The number of carbonyl (C=O) groups is 1. The third-order valence-corrected chi connectivity index (χ3v) is 4.11. The van der Waals surface area contributed by atoms with E-state index in [-0.39, 0.29) is 5.91 Å². The Morgan fingerprint density at radius 2 is 1.78 bits per heavy atom. The molecule has 0 spiro atoms. The Labute approximate surface area is 138 Å². The van der Waals surface area contributed by atoms with Crippen LogP contribution in [0.15, 0.2) is 54.9 Å². The quantitative estimate of drug-likeness (QED) is 0.853. The number of primary amides is 1. The van der Waals surface area contributed by atoms with Gasteiger partial charge in [-0.1, -0.05) is 32.0 Å². The molecule has 0 fully saturated rings. The highest BCUT2D eigenvalue weighted by Gasteiger charge is 2.44. The Morgan fingerprint density at radius 1 is 1.17 bits per heavy atom. The highest BCUT2D eigenvalue weighted by Crippen LogP contribution is 2.38. The number of hydrogen-bond acceptors (Lipinski definition) is 3. The SMILES string of the molecule is CCN(c1ccccc1)[C@@](CC(C)C)(C(N)=O)c1ccncc1. The van der Waals surface area contributed by atoms with Crippen molar-refractivity contribution in [3.63, 3.8) is 0 Å². The maximum absolute atomic E-state index is 12.7. The normalized spacial score (nSPS) is 13.6. The van der Waals surface area contributed by atoms with Crippen LogP contribution in [0.4, 0.5) is 5.69 Å². The minimum Gasteiger partial charge on any atom is -0.367 e. The van der Waals surface area contributed by atoms with Gasteiger partial charge in [0.05, 0.1) is 0 Å². The van der Waals surface area contributed by atoms with Crippen LogP contribution in [0.2, 0.25) is 0 Å². The first-order valence-corrected chi connectivity index (χ1v) is 8.05. The van der Waals surface area contributed by atoms with Crippen LogP contribution in [0.1, 0.15) is 32.8 Å². The number of para-hydroxylation sites is 1. The molecule has 0 unspecified atom stereocenters. The lowest BCUT2D eigenvalue weighted by Gasteiger charge is -2.44. The topological polar surface area (TPSA) is 59.2 Å². The maximum Gasteiger partial charge on any atom is 0.247 e. The Balaban J connectivity index is 2.66. The molecule has 1 aromatic heterocycles. The van der Waals surface area contributed by atoms with E-state index in [0.29, 0.717) is 18.9 Å². The van der Waals surface area contributed by atoms with E-state index >= 15 is 0 Å². The number of aromatic nitrogens is 1. The van der Waals surface area contributed by atoms with E-state index in [4.69, 9.17) is 5.73 Å². The number of rotatable bonds is 7. The summed E-state index contributed by atoms with van der Waals surface area (Å²) in [5, 5.41) is 0. The van der Waals surface area contributed by atoms with Gasteiger partial charge in [-0.2, -0.15) is 0 Å². The van der Waals surface area contributed by atoms with Gasteiger partial charge in [0.1, 0.15) is 5.54 Å². The summed E-state index contributed by atoms with van der Waals surface area (Å²) in [6.07, 6.45) is 4.08. The number of benzene rings is 1. The summed E-state index contributed by atoms with van der Waals surface area (Å²) in [4.78, 5) is 18.9. The van der Waals surface area contributed by atoms with Crippen LogP contribution in [-0.4, -0.2) is 17.4 Å². The zero-order chi connectivity index (χ0) is 16.9. The van der Waals surface area contributed by atoms with Crippen LogP contribution < -0.4 is 10.6 Å². The van der Waals surface area contributed by atoms with Crippen molar-refractivity contribution in [1.29, 1.82) is 0 Å². The Kier molecular flexibility index (Phi) is 5.37. The fourth-order valence-corrected chi connectivity index (χ4v) is 3.26. The predicted molar refractivity (Wildman–Crippen MR) is 94.0 cm³/mol. The molecule has 1 atom stereocenters. The largest absolute Gasteiger partial charge is 0.367 e. The van der Waals surface area contributed by atoms with Crippen molar-refractivity contribution in [3.05, 3.63) is 60.4 Å². The minimum absolute atomic E-state index is 0.313. The summed E-state index contributed by atoms with van der Waals surface area (Å²) in [6, 6.07) is 13.7. The van der Waals surface area contributed by atoms with Crippen LogP contribution >= 0.6 is 0 Å². The van der Waals surface area contributed by atoms with Crippen LogP contribution in [0.3, 0.4) is 0 Å². The van der Waals surface area contributed by atoms with Gasteiger partial charge in [0.15, 0.2) is 0 Å². The third kappa shape index (κ3) is 3.36. The van der Waals surface area contributed by atoms with E-state index in [0.717, 1.165) is 11.3 Å². The number of carbonyl (C=O) groups excluding carboxylic acids is 1. The summed E-state index contributed by atoms with van der Waals surface area (Å²) in [5.41, 5.74) is 6.96. The molecule has 1 amide bonds. The zero-order valence-electron chi connectivity index (χ0n) is 14.1. The van der Waals surface area contributed by atoms with Crippen molar-refractivity contribution in [3.8, 4) is 0 Å². The fourth-order valence-electron chi connectivity index (χ4n) is 3.26. The van der Waals surface area contributed by atoms with Crippen LogP contribution in [0.25, 0.3) is 0 Å². The molecular weight excluding hydrogens is 286 g/mol. The molecule has 4 heteroatoms. The number of likely N-dealkylation sites (N-methyl/N-ethyl adjacent to an activating group) is 1. The maximum atomic E-state index is 12.7. The molecule has 1 aromatic carbocycles. The molecule has 122 valence electrons. The van der Waals surface area contributed by atoms with Gasteiger partial charge in [0, 0.05) is 24.6 Å². The molecule has 23 heavy (non-hydrogen) atoms. The van der Waals surface area contributed by atoms with Crippen molar-refractivity contribution in [2.24, 2.45) is 11.7 Å². The average molecular weight is 311 g/mol. The summed E-state index contributed by atoms with van der Waals surface area (Å²) in [5.74, 6) is -0.0171. The minimum atomic E-state index is -0.882. The standard InChI is InChI=1S/C19H25N3O/c1-4-22(17-8-6-5-7-9-17)19(18(20)23,14-15(2)3)16-10-12-21-13-11-16/h5-13,15H,4,14H2,1-3H3,(H2,20,23)/t19-/m1/s1. The lowest BCUT2D eigenvalue weighted by Crippen LogP contribution is -2.56. The Hall–Kier alpha value is -2.36. The molecule has 0 bridgehead atoms. The molecule has 0 aliphatic rings. The average Bonchev–Trinajstić information content (AvgIpc) is 2.55. The van der Waals surface area contributed by atoms with E-state index in [9.17, 15) is 4.79 Å². The summed E-state index contributed by atoms with van der Waals surface area (Å²) in [7, 11) is 0. The fraction of sp³-hybridized carbons (Fsp3) is 0.368. The first-order valence-electron chi connectivity index (χ1n) is 8.05. The van der Waals surface area contributed by atoms with Crippen molar-refractivity contribution < 1.29 is 4.79 Å². The van der Waals surface area contributed by atoms with Crippen molar-refractivity contribution in [2.75, 3.05) is 11.4 Å². The zero-order valence-corrected chi connectivity index (χ0v) is 14.1. The second-order valence-electron chi connectivity index (χ2n) is 6.14. The summed E-state index contributed by atoms with van der Waals surface area (Å²) >= 11 is 0. The molecule has 1 heterocycles. The number of amides is 1. The van der Waals surface area contributed by atoms with Gasteiger partial charge in [0.2, 0.25) is 5.91 Å². The van der Waals surface area contributed by atoms with Gasteiger partial charge in [-0.25, -0.2) is 0 Å². The Bertz CT molecular complexity index is 628. The van der Waals surface area contributed by atoms with E-state index < -0.39 is 5.54 Å². The highest BCUT2D eigenvalue weighted by atomic mass is 16.1. The van der Waals surface area contributed by atoms with Gasteiger partial charge in [0.25, 0.3) is 0 Å². The van der Waals surface area contributed by atoms with E-state index in [1.807, 2.05) is 49.4 Å². The van der Waals surface area contributed by atoms with Gasteiger partial charge in [-0.15, -0.1) is 0 Å². The highest BCUT2D eigenvalue weighted by molar-refractivity contribution is 5.90. The number of nitrogens with two attached hydrogens (primary N) is 1. The monoisotopic (exact) mass is 311 g/mol. The number of nitrogens with zero attached hydrogens (tertiary/aromatic N) is 2. The van der Waals surface area contributed by atoms with Gasteiger partial charge in [-0.05, 0) is 49.1 Å². The van der Waals surface area contributed by atoms with Crippen LogP contribution in [0.5, 0.6) is 0 Å². The third-order valence-electron chi connectivity index (χ3n) is 4.11. The molecule has 0 aliphatic carbocycles. The van der Waals surface area contributed by atoms with Crippen LogP contribution in [-0.2, 0) is 10.3 Å². The van der Waals surface area contributed by atoms with Gasteiger partial charge < -0.3 is 10.6 Å². The number of hydrogen-bond donors (Lipinski definition) is 1. The molecule has 2 N–H and O–H groups in total. The first kappa shape index (κ1) is 17.0.